The Morgan fingerprint density at radius 3 is 2.32 bits per heavy atom. The summed E-state index contributed by atoms with van der Waals surface area (Å²) in [5, 5.41) is 7.97. The normalized spacial score (nSPS) is 22.9. The Hall–Kier alpha value is -2.68. The number of aromatic nitrogens is 1. The monoisotopic (exact) mass is 547 g/mol. The molecular formula is C27H25Cl2F2N3O3. The Kier molecular flexibility index (Phi) is 6.59. The summed E-state index contributed by atoms with van der Waals surface area (Å²) in [7, 11) is 0. The van der Waals surface area contributed by atoms with Crippen molar-refractivity contribution in [1.29, 1.82) is 0 Å². The average Bonchev–Trinajstić information content (AvgIpc) is 3.54. The molecule has 10 heteroatoms. The van der Waals surface area contributed by atoms with E-state index in [-0.39, 0.29) is 29.9 Å². The van der Waals surface area contributed by atoms with Crippen molar-refractivity contribution in [2.24, 2.45) is 0 Å². The third-order valence-electron chi connectivity index (χ3n) is 7.47. The highest BCUT2D eigenvalue weighted by molar-refractivity contribution is 6.39. The molecule has 3 fully saturated rings. The van der Waals surface area contributed by atoms with Gasteiger partial charge in [0, 0.05) is 40.9 Å². The molecule has 2 atom stereocenters. The minimum absolute atomic E-state index is 0.00924. The summed E-state index contributed by atoms with van der Waals surface area (Å²) in [6.45, 7) is 0.311. The van der Waals surface area contributed by atoms with Crippen LogP contribution in [0.25, 0.3) is 11.3 Å². The van der Waals surface area contributed by atoms with Gasteiger partial charge in [-0.05, 0) is 62.8 Å². The Labute approximate surface area is 222 Å². The van der Waals surface area contributed by atoms with E-state index in [4.69, 9.17) is 32.5 Å². The summed E-state index contributed by atoms with van der Waals surface area (Å²) in [5.41, 5.74) is 2.23. The van der Waals surface area contributed by atoms with Crippen LogP contribution in [0.2, 0.25) is 10.0 Å². The summed E-state index contributed by atoms with van der Waals surface area (Å²) < 4.78 is 39.3. The number of rotatable bonds is 6. The van der Waals surface area contributed by atoms with Crippen molar-refractivity contribution >= 4 is 34.9 Å². The quantitative estimate of drug-likeness (QED) is 0.346. The Bertz CT molecular complexity index is 1290. The van der Waals surface area contributed by atoms with E-state index < -0.39 is 11.6 Å². The molecule has 1 saturated carbocycles. The number of hydrogen-bond acceptors (Lipinski definition) is 4. The van der Waals surface area contributed by atoms with Gasteiger partial charge in [0.1, 0.15) is 23.1 Å². The molecule has 3 aliphatic rings. The van der Waals surface area contributed by atoms with Gasteiger partial charge in [-0.1, -0.05) is 34.4 Å². The maximum Gasteiger partial charge on any atom is 0.322 e. The number of hydrogen-bond donors (Lipinski definition) is 1. The molecule has 1 aliphatic carbocycles. The number of halogens is 4. The number of benzene rings is 2. The van der Waals surface area contributed by atoms with Crippen LogP contribution >= 0.6 is 23.2 Å². The third kappa shape index (κ3) is 4.94. The maximum absolute atomic E-state index is 13.6. The van der Waals surface area contributed by atoms with Gasteiger partial charge in [-0.25, -0.2) is 13.6 Å². The van der Waals surface area contributed by atoms with E-state index in [1.54, 1.807) is 23.1 Å². The van der Waals surface area contributed by atoms with E-state index in [0.717, 1.165) is 55.2 Å². The van der Waals surface area contributed by atoms with Crippen LogP contribution in [0.5, 0.6) is 0 Å². The van der Waals surface area contributed by atoms with Crippen molar-refractivity contribution in [2.75, 3.05) is 5.32 Å². The fraction of sp³-hybridized carbons (Fsp3) is 0.407. The fourth-order valence-electron chi connectivity index (χ4n) is 5.66. The number of nitrogens with one attached hydrogen (secondary N) is 1. The lowest BCUT2D eigenvalue weighted by atomic mass is 9.99. The highest BCUT2D eigenvalue weighted by Crippen LogP contribution is 2.46. The van der Waals surface area contributed by atoms with Crippen molar-refractivity contribution in [2.45, 2.75) is 69.2 Å². The Morgan fingerprint density at radius 1 is 1.05 bits per heavy atom. The van der Waals surface area contributed by atoms with Crippen LogP contribution in [0, 0.1) is 11.6 Å². The van der Waals surface area contributed by atoms with Gasteiger partial charge in [0.15, 0.2) is 0 Å². The van der Waals surface area contributed by atoms with Gasteiger partial charge >= 0.3 is 6.03 Å². The molecule has 194 valence electrons. The predicted molar refractivity (Wildman–Crippen MR) is 136 cm³/mol. The second kappa shape index (κ2) is 9.89. The average molecular weight is 548 g/mol. The van der Waals surface area contributed by atoms with Crippen LogP contribution in [0.1, 0.15) is 55.8 Å². The molecule has 3 aromatic rings. The first kappa shape index (κ1) is 24.6. The van der Waals surface area contributed by atoms with E-state index in [2.05, 4.69) is 10.5 Å². The second-order valence-corrected chi connectivity index (χ2v) is 10.8. The first-order valence-corrected chi connectivity index (χ1v) is 13.2. The lowest BCUT2D eigenvalue weighted by molar-refractivity contribution is -0.0158. The number of amides is 2. The number of ether oxygens (including phenoxy) is 1. The van der Waals surface area contributed by atoms with E-state index in [0.29, 0.717) is 46.7 Å². The molecule has 0 spiro atoms. The maximum atomic E-state index is 13.6. The molecule has 6 nitrogen and oxygen atoms in total. The molecule has 2 saturated heterocycles. The molecule has 2 aliphatic heterocycles. The zero-order chi connectivity index (χ0) is 25.7. The summed E-state index contributed by atoms with van der Waals surface area (Å²) in [6.07, 6.45) is 5.11. The van der Waals surface area contributed by atoms with Crippen molar-refractivity contribution in [3.05, 3.63) is 69.4 Å². The van der Waals surface area contributed by atoms with Crippen molar-refractivity contribution < 1.29 is 22.8 Å². The van der Waals surface area contributed by atoms with Gasteiger partial charge in [-0.15, -0.1) is 0 Å². The summed E-state index contributed by atoms with van der Waals surface area (Å²) in [5.74, 6) is -0.312. The van der Waals surface area contributed by atoms with Crippen LogP contribution in [0.4, 0.5) is 19.3 Å². The van der Waals surface area contributed by atoms with Crippen LogP contribution in [0.3, 0.4) is 0 Å². The number of carbonyl (C=O) groups is 1. The molecule has 2 amide bonds. The minimum Gasteiger partial charge on any atom is -0.373 e. The highest BCUT2D eigenvalue weighted by Gasteiger charge is 2.44. The van der Waals surface area contributed by atoms with Crippen LogP contribution < -0.4 is 5.32 Å². The lowest BCUT2D eigenvalue weighted by Crippen LogP contribution is -2.50. The fourth-order valence-corrected chi connectivity index (χ4v) is 6.23. The summed E-state index contributed by atoms with van der Waals surface area (Å²) >= 11 is 12.9. The standard InChI is InChI=1S/C27H25Cl2F2N3O3/c28-22-2-1-3-23(29)24(22)25-21(26(37-33-25)14-4-5-14)13-36-20-11-18-6-7-19(12-20)34(18)27(35)32-17-9-15(30)8-16(31)10-17/h1-3,8-10,14,18-20H,4-7,11-13H2,(H,32,35). The van der Waals surface area contributed by atoms with E-state index in [9.17, 15) is 13.6 Å². The highest BCUT2D eigenvalue weighted by atomic mass is 35.5. The number of fused-ring (bicyclic) bond motifs is 2. The Balaban J connectivity index is 1.15. The predicted octanol–water partition coefficient (Wildman–Crippen LogP) is 7.55. The molecule has 6 rings (SSSR count). The topological polar surface area (TPSA) is 67.6 Å². The van der Waals surface area contributed by atoms with Crippen molar-refractivity contribution in [1.82, 2.24) is 10.1 Å². The first-order chi connectivity index (χ1) is 17.9. The largest absolute Gasteiger partial charge is 0.373 e. The van der Waals surface area contributed by atoms with Crippen LogP contribution in [-0.2, 0) is 11.3 Å². The zero-order valence-corrected chi connectivity index (χ0v) is 21.4. The molecule has 3 heterocycles. The summed E-state index contributed by atoms with van der Waals surface area (Å²) in [6, 6.07) is 7.96. The Morgan fingerprint density at radius 2 is 1.70 bits per heavy atom. The zero-order valence-electron chi connectivity index (χ0n) is 19.9. The van der Waals surface area contributed by atoms with Crippen molar-refractivity contribution in [3.63, 3.8) is 0 Å². The summed E-state index contributed by atoms with van der Waals surface area (Å²) in [4.78, 5) is 14.8. The van der Waals surface area contributed by atoms with E-state index >= 15 is 0 Å². The molecular weight excluding hydrogens is 523 g/mol. The van der Waals surface area contributed by atoms with Gasteiger partial charge < -0.3 is 19.5 Å². The molecule has 0 radical (unpaired) electrons. The molecule has 1 N–H and O–H groups in total. The van der Waals surface area contributed by atoms with Gasteiger partial charge in [-0.3, -0.25) is 0 Å². The SMILES string of the molecule is O=C(Nc1cc(F)cc(F)c1)N1C2CCC1CC(OCc1c(-c3c(Cl)cccc3Cl)noc1C1CC1)C2. The van der Waals surface area contributed by atoms with Crippen LogP contribution in [0.15, 0.2) is 40.9 Å². The number of anilines is 1. The smallest absolute Gasteiger partial charge is 0.322 e. The minimum atomic E-state index is -0.734. The van der Waals surface area contributed by atoms with Gasteiger partial charge in [0.2, 0.25) is 0 Å². The molecule has 2 bridgehead atoms. The molecule has 2 unspecified atom stereocenters. The molecule has 2 aromatic carbocycles. The molecule has 1 aromatic heterocycles. The third-order valence-corrected chi connectivity index (χ3v) is 8.10. The second-order valence-electron chi connectivity index (χ2n) is 10.0. The molecule has 37 heavy (non-hydrogen) atoms. The number of nitrogens with zero attached hydrogens (tertiary/aromatic N) is 2. The lowest BCUT2D eigenvalue weighted by Gasteiger charge is -2.38. The number of urea groups is 1. The number of piperidine rings is 1. The van der Waals surface area contributed by atoms with Gasteiger partial charge in [0.05, 0.1) is 22.8 Å². The van der Waals surface area contributed by atoms with Gasteiger partial charge in [-0.2, -0.15) is 0 Å². The first-order valence-electron chi connectivity index (χ1n) is 12.5. The van der Waals surface area contributed by atoms with Gasteiger partial charge in [0.25, 0.3) is 0 Å². The van der Waals surface area contributed by atoms with Crippen molar-refractivity contribution in [3.8, 4) is 11.3 Å². The number of carbonyl (C=O) groups excluding carboxylic acids is 1. The van der Waals surface area contributed by atoms with E-state index in [1.807, 2.05) is 0 Å². The van der Waals surface area contributed by atoms with E-state index in [1.165, 1.54) is 0 Å². The van der Waals surface area contributed by atoms with Crippen LogP contribution in [-0.4, -0.2) is 34.3 Å².